The number of aliphatic carboxylic acids is 1. The molecule has 0 radical (unpaired) electrons. The molecule has 1 aromatic rings. The molecule has 1 aliphatic heterocycles. The summed E-state index contributed by atoms with van der Waals surface area (Å²) in [5.41, 5.74) is -0.368. The Labute approximate surface area is 101 Å². The molecule has 0 aliphatic carbocycles. The van der Waals surface area contributed by atoms with Gasteiger partial charge in [0.05, 0.1) is 11.0 Å². The number of carboxylic acids is 1. The van der Waals surface area contributed by atoms with Crippen LogP contribution in [0, 0.1) is 10.1 Å². The summed E-state index contributed by atoms with van der Waals surface area (Å²) in [6, 6.07) is 2.39. The van der Waals surface area contributed by atoms with E-state index in [9.17, 15) is 14.9 Å². The summed E-state index contributed by atoms with van der Waals surface area (Å²) in [4.78, 5) is 20.8. The van der Waals surface area contributed by atoms with Gasteiger partial charge in [-0.1, -0.05) is 0 Å². The minimum Gasteiger partial charge on any atom is -0.479 e. The zero-order valence-corrected chi connectivity index (χ0v) is 9.28. The molecule has 0 saturated carbocycles. The van der Waals surface area contributed by atoms with Crippen molar-refractivity contribution in [1.82, 2.24) is 0 Å². The number of nitro groups is 1. The lowest BCUT2D eigenvalue weighted by Gasteiger charge is -2.10. The maximum absolute atomic E-state index is 10.9. The molecule has 1 atom stereocenters. The summed E-state index contributed by atoms with van der Waals surface area (Å²) in [7, 11) is 0. The second-order valence-electron chi connectivity index (χ2n) is 3.53. The van der Waals surface area contributed by atoms with Crippen molar-refractivity contribution in [3.63, 3.8) is 0 Å². The van der Waals surface area contributed by atoms with Gasteiger partial charge in [-0.25, -0.2) is 4.79 Å². The predicted molar refractivity (Wildman–Crippen MR) is 56.9 cm³/mol. The number of carbonyl (C=O) groups is 1. The minimum atomic E-state index is -1.22. The molecule has 0 saturated heterocycles. The summed E-state index contributed by atoms with van der Waals surface area (Å²) in [5, 5.41) is 19.6. The molecule has 8 nitrogen and oxygen atoms in total. The highest BCUT2D eigenvalue weighted by atomic mass is 16.7. The van der Waals surface area contributed by atoms with Gasteiger partial charge in [-0.2, -0.15) is 0 Å². The summed E-state index contributed by atoms with van der Waals surface area (Å²) < 4.78 is 15.1. The van der Waals surface area contributed by atoms with E-state index < -0.39 is 17.0 Å². The Morgan fingerprint density at radius 1 is 1.50 bits per heavy atom. The molecular formula is C10H9NO7. The molecule has 96 valence electrons. The molecule has 2 rings (SSSR count). The topological polar surface area (TPSA) is 108 Å². The quantitative estimate of drug-likeness (QED) is 0.635. The van der Waals surface area contributed by atoms with E-state index in [0.29, 0.717) is 0 Å². The van der Waals surface area contributed by atoms with Gasteiger partial charge >= 0.3 is 11.7 Å². The van der Waals surface area contributed by atoms with Crippen LogP contribution in [0.3, 0.4) is 0 Å². The van der Waals surface area contributed by atoms with E-state index in [0.717, 1.165) is 6.07 Å². The van der Waals surface area contributed by atoms with Gasteiger partial charge in [0.15, 0.2) is 17.6 Å². The highest BCUT2D eigenvalue weighted by molar-refractivity contribution is 5.72. The maximum atomic E-state index is 10.9. The summed E-state index contributed by atoms with van der Waals surface area (Å²) in [6.07, 6.45) is -1.20. The van der Waals surface area contributed by atoms with Crippen molar-refractivity contribution in [3.8, 4) is 17.2 Å². The van der Waals surface area contributed by atoms with Crippen molar-refractivity contribution in [3.05, 3.63) is 22.2 Å². The first-order valence-electron chi connectivity index (χ1n) is 4.96. The van der Waals surface area contributed by atoms with Gasteiger partial charge in [-0.15, -0.1) is 0 Å². The highest BCUT2D eigenvalue weighted by Crippen LogP contribution is 2.42. The number of ether oxygens (including phenoxy) is 3. The monoisotopic (exact) mass is 255 g/mol. The first-order valence-corrected chi connectivity index (χ1v) is 4.96. The molecule has 18 heavy (non-hydrogen) atoms. The Morgan fingerprint density at radius 3 is 2.67 bits per heavy atom. The minimum absolute atomic E-state index is 0.0373. The van der Waals surface area contributed by atoms with Crippen LogP contribution in [0.25, 0.3) is 0 Å². The average Bonchev–Trinajstić information content (AvgIpc) is 2.74. The number of rotatable bonds is 4. The lowest BCUT2D eigenvalue weighted by molar-refractivity contribution is -0.386. The summed E-state index contributed by atoms with van der Waals surface area (Å²) in [5.74, 6) is -0.869. The summed E-state index contributed by atoms with van der Waals surface area (Å²) >= 11 is 0. The van der Waals surface area contributed by atoms with E-state index >= 15 is 0 Å². The summed E-state index contributed by atoms with van der Waals surface area (Å²) in [6.45, 7) is 1.24. The van der Waals surface area contributed by atoms with E-state index in [1.807, 2.05) is 0 Å². The highest BCUT2D eigenvalue weighted by Gasteiger charge is 2.26. The van der Waals surface area contributed by atoms with Crippen LogP contribution in [0.15, 0.2) is 12.1 Å². The second kappa shape index (κ2) is 4.40. The molecular weight excluding hydrogens is 246 g/mol. The van der Waals surface area contributed by atoms with Crippen molar-refractivity contribution < 1.29 is 29.0 Å². The number of hydrogen-bond donors (Lipinski definition) is 1. The zero-order chi connectivity index (χ0) is 13.3. The normalized spacial score (nSPS) is 14.1. The van der Waals surface area contributed by atoms with Crippen molar-refractivity contribution in [2.45, 2.75) is 13.0 Å². The van der Waals surface area contributed by atoms with Gasteiger partial charge < -0.3 is 19.3 Å². The van der Waals surface area contributed by atoms with Gasteiger partial charge in [0.2, 0.25) is 12.5 Å². The lowest BCUT2D eigenvalue weighted by atomic mass is 10.2. The molecule has 0 fully saturated rings. The molecule has 0 spiro atoms. The molecule has 0 aromatic heterocycles. The van der Waals surface area contributed by atoms with Crippen molar-refractivity contribution >= 4 is 11.7 Å². The van der Waals surface area contributed by atoms with Gasteiger partial charge in [0.1, 0.15) is 0 Å². The number of benzene rings is 1. The molecule has 1 unspecified atom stereocenters. The van der Waals surface area contributed by atoms with Crippen LogP contribution in [-0.2, 0) is 4.79 Å². The number of nitrogens with zero attached hydrogens (tertiary/aromatic N) is 1. The number of nitro benzene ring substituents is 1. The fourth-order valence-corrected chi connectivity index (χ4v) is 1.39. The third-order valence-electron chi connectivity index (χ3n) is 2.30. The Kier molecular flexibility index (Phi) is 2.92. The van der Waals surface area contributed by atoms with Crippen LogP contribution in [0.2, 0.25) is 0 Å². The smallest absolute Gasteiger partial charge is 0.344 e. The molecule has 1 N–H and O–H groups in total. The van der Waals surface area contributed by atoms with E-state index in [1.165, 1.54) is 13.0 Å². The van der Waals surface area contributed by atoms with Gasteiger partial charge in [0.25, 0.3) is 0 Å². The van der Waals surface area contributed by atoms with E-state index in [2.05, 4.69) is 0 Å². The van der Waals surface area contributed by atoms with Gasteiger partial charge in [-0.05, 0) is 6.92 Å². The van der Waals surface area contributed by atoms with Crippen molar-refractivity contribution in [2.75, 3.05) is 6.79 Å². The Hall–Kier alpha value is -2.51. The molecule has 1 aromatic carbocycles. The van der Waals surface area contributed by atoms with E-state index in [-0.39, 0.29) is 29.7 Å². The zero-order valence-electron chi connectivity index (χ0n) is 9.28. The second-order valence-corrected chi connectivity index (χ2v) is 3.53. The third-order valence-corrected chi connectivity index (χ3v) is 2.30. The van der Waals surface area contributed by atoms with Crippen LogP contribution in [0.5, 0.6) is 17.2 Å². The van der Waals surface area contributed by atoms with E-state index in [1.54, 1.807) is 0 Å². The number of hydrogen-bond acceptors (Lipinski definition) is 6. The van der Waals surface area contributed by atoms with E-state index in [4.69, 9.17) is 19.3 Å². The fraction of sp³-hybridized carbons (Fsp3) is 0.300. The molecule has 1 aliphatic rings. The largest absolute Gasteiger partial charge is 0.479 e. The SMILES string of the molecule is CC(Oc1cc2c(cc1[N+](=O)[O-])OCO2)C(=O)O. The number of carboxylic acid groups (broad SMARTS) is 1. The van der Waals surface area contributed by atoms with Crippen LogP contribution in [0.4, 0.5) is 5.69 Å². The van der Waals surface area contributed by atoms with Crippen LogP contribution in [-0.4, -0.2) is 28.9 Å². The molecule has 0 bridgehead atoms. The van der Waals surface area contributed by atoms with Crippen LogP contribution < -0.4 is 14.2 Å². The Morgan fingerprint density at radius 2 is 2.11 bits per heavy atom. The first-order chi connectivity index (χ1) is 8.49. The lowest BCUT2D eigenvalue weighted by Crippen LogP contribution is -2.23. The first kappa shape index (κ1) is 12.0. The van der Waals surface area contributed by atoms with Crippen LogP contribution in [0.1, 0.15) is 6.92 Å². The predicted octanol–water partition coefficient (Wildman–Crippen LogP) is 1.18. The fourth-order valence-electron chi connectivity index (χ4n) is 1.39. The van der Waals surface area contributed by atoms with Crippen molar-refractivity contribution in [2.24, 2.45) is 0 Å². The van der Waals surface area contributed by atoms with Gasteiger partial charge in [0, 0.05) is 6.07 Å². The Balaban J connectivity index is 2.38. The maximum Gasteiger partial charge on any atom is 0.344 e. The van der Waals surface area contributed by atoms with Crippen molar-refractivity contribution in [1.29, 1.82) is 0 Å². The molecule has 8 heteroatoms. The number of fused-ring (bicyclic) bond motifs is 1. The standard InChI is InChI=1S/C10H9NO7/c1-5(10(12)13)18-7-3-9-8(16-4-17-9)2-6(7)11(14)15/h2-3,5H,4H2,1H3,(H,12,13). The van der Waals surface area contributed by atoms with Gasteiger partial charge in [-0.3, -0.25) is 10.1 Å². The average molecular weight is 255 g/mol. The van der Waals surface area contributed by atoms with Crippen LogP contribution >= 0.6 is 0 Å². The third kappa shape index (κ3) is 2.12. The molecule has 1 heterocycles. The Bertz CT molecular complexity index is 513. The molecule has 0 amide bonds.